The third kappa shape index (κ3) is 5.86. The molecule has 1 N–H and O–H groups in total. The average Bonchev–Trinajstić information content (AvgIpc) is 2.49. The number of nitrogens with one attached hydrogen (secondary N) is 1. The Morgan fingerprint density at radius 2 is 1.78 bits per heavy atom. The van der Waals surface area contributed by atoms with Crippen molar-refractivity contribution in [1.82, 2.24) is 4.72 Å². The number of aryl methyl sites for hydroxylation is 2. The number of sulfonamides is 1. The zero-order valence-electron chi connectivity index (χ0n) is 13.2. The fourth-order valence-corrected chi connectivity index (χ4v) is 3.33. The maximum absolute atomic E-state index is 12.0. The molecule has 2 rings (SSSR count). The molecule has 0 aliphatic carbocycles. The van der Waals surface area contributed by atoms with Gasteiger partial charge in [0.1, 0.15) is 12.4 Å². The van der Waals surface area contributed by atoms with Crippen LogP contribution in [-0.4, -0.2) is 21.6 Å². The highest BCUT2D eigenvalue weighted by Crippen LogP contribution is 2.18. The highest BCUT2D eigenvalue weighted by atomic mass is 35.5. The third-order valence-electron chi connectivity index (χ3n) is 3.30. The first-order valence-electron chi connectivity index (χ1n) is 7.27. The molecule has 0 bridgehead atoms. The minimum Gasteiger partial charge on any atom is -0.492 e. The Kier molecular flexibility index (Phi) is 6.04. The molecular weight excluding hydrogens is 334 g/mol. The number of benzene rings is 2. The van der Waals surface area contributed by atoms with Crippen molar-refractivity contribution >= 4 is 21.6 Å². The van der Waals surface area contributed by atoms with Crippen LogP contribution in [0.25, 0.3) is 0 Å². The largest absolute Gasteiger partial charge is 0.492 e. The van der Waals surface area contributed by atoms with Crippen molar-refractivity contribution in [3.8, 4) is 5.75 Å². The lowest BCUT2D eigenvalue weighted by atomic mass is 10.1. The van der Waals surface area contributed by atoms with Gasteiger partial charge < -0.3 is 4.74 Å². The van der Waals surface area contributed by atoms with Crippen molar-refractivity contribution in [3.05, 3.63) is 64.2 Å². The Balaban J connectivity index is 1.83. The normalized spacial score (nSPS) is 11.4. The van der Waals surface area contributed by atoms with Gasteiger partial charge in [-0.05, 0) is 48.7 Å². The van der Waals surface area contributed by atoms with Crippen LogP contribution in [0.1, 0.15) is 16.7 Å². The predicted molar refractivity (Wildman–Crippen MR) is 93.5 cm³/mol. The van der Waals surface area contributed by atoms with E-state index in [0.717, 1.165) is 16.9 Å². The van der Waals surface area contributed by atoms with E-state index >= 15 is 0 Å². The molecule has 0 heterocycles. The number of halogens is 1. The minimum absolute atomic E-state index is 0.0758. The maximum atomic E-state index is 12.0. The van der Waals surface area contributed by atoms with Gasteiger partial charge in [-0.3, -0.25) is 0 Å². The van der Waals surface area contributed by atoms with Crippen LogP contribution in [0.4, 0.5) is 0 Å². The van der Waals surface area contributed by atoms with Crippen molar-refractivity contribution in [1.29, 1.82) is 0 Å². The van der Waals surface area contributed by atoms with Gasteiger partial charge in [0.25, 0.3) is 0 Å². The monoisotopic (exact) mass is 353 g/mol. The highest BCUT2D eigenvalue weighted by Gasteiger charge is 2.11. The quantitative estimate of drug-likeness (QED) is 0.775. The van der Waals surface area contributed by atoms with E-state index < -0.39 is 10.0 Å². The summed E-state index contributed by atoms with van der Waals surface area (Å²) in [7, 11) is -3.39. The molecule has 6 heteroatoms. The van der Waals surface area contributed by atoms with Crippen molar-refractivity contribution in [2.24, 2.45) is 0 Å². The average molecular weight is 354 g/mol. The molecule has 23 heavy (non-hydrogen) atoms. The summed E-state index contributed by atoms with van der Waals surface area (Å²) in [6.45, 7) is 4.45. The first-order chi connectivity index (χ1) is 10.9. The van der Waals surface area contributed by atoms with Gasteiger partial charge in [0.2, 0.25) is 10.0 Å². The number of hydrogen-bond donors (Lipinski definition) is 1. The van der Waals surface area contributed by atoms with Crippen LogP contribution in [0.3, 0.4) is 0 Å². The summed E-state index contributed by atoms with van der Waals surface area (Å²) in [4.78, 5) is 0. The van der Waals surface area contributed by atoms with Crippen molar-refractivity contribution in [2.45, 2.75) is 19.6 Å². The molecule has 0 aliphatic heterocycles. The zero-order valence-corrected chi connectivity index (χ0v) is 14.7. The summed E-state index contributed by atoms with van der Waals surface area (Å²) < 4.78 is 32.2. The smallest absolute Gasteiger partial charge is 0.215 e. The lowest BCUT2D eigenvalue weighted by molar-refractivity contribution is 0.320. The third-order valence-corrected chi connectivity index (χ3v) is 4.90. The van der Waals surface area contributed by atoms with Crippen LogP contribution in [0.15, 0.2) is 42.5 Å². The highest BCUT2D eigenvalue weighted by molar-refractivity contribution is 7.88. The lowest BCUT2D eigenvalue weighted by Crippen LogP contribution is -2.29. The molecule has 2 aromatic carbocycles. The molecule has 0 aromatic heterocycles. The number of ether oxygens (including phenoxy) is 1. The van der Waals surface area contributed by atoms with Crippen LogP contribution in [0, 0.1) is 13.8 Å². The zero-order chi connectivity index (χ0) is 16.9. The first kappa shape index (κ1) is 17.8. The number of hydrogen-bond acceptors (Lipinski definition) is 3. The summed E-state index contributed by atoms with van der Waals surface area (Å²) in [6, 6.07) is 12.7. The van der Waals surface area contributed by atoms with Gasteiger partial charge in [0, 0.05) is 11.6 Å². The van der Waals surface area contributed by atoms with Gasteiger partial charge in [-0.15, -0.1) is 0 Å². The first-order valence-corrected chi connectivity index (χ1v) is 9.30. The Morgan fingerprint density at radius 1 is 1.09 bits per heavy atom. The van der Waals surface area contributed by atoms with Crippen LogP contribution < -0.4 is 9.46 Å². The van der Waals surface area contributed by atoms with Crippen molar-refractivity contribution in [2.75, 3.05) is 13.2 Å². The molecule has 2 aromatic rings. The molecule has 4 nitrogen and oxygen atoms in total. The Labute approximate surface area is 142 Å². The van der Waals surface area contributed by atoms with Crippen molar-refractivity contribution in [3.63, 3.8) is 0 Å². The standard InChI is InChI=1S/C17H20ClNO3S/c1-13-3-4-14(2)17(11-13)22-10-9-19-23(20,21)12-15-5-7-16(18)8-6-15/h3-8,11,19H,9-10,12H2,1-2H3. The Bertz CT molecular complexity index is 758. The molecule has 0 atom stereocenters. The Morgan fingerprint density at radius 3 is 2.48 bits per heavy atom. The second-order valence-electron chi connectivity index (χ2n) is 5.40. The fourth-order valence-electron chi connectivity index (χ4n) is 2.07. The topological polar surface area (TPSA) is 55.4 Å². The maximum Gasteiger partial charge on any atom is 0.215 e. The predicted octanol–water partition coefficient (Wildman–Crippen LogP) is 3.46. The molecule has 0 amide bonds. The summed E-state index contributed by atoms with van der Waals surface area (Å²) >= 11 is 5.79. The fraction of sp³-hybridized carbons (Fsp3) is 0.294. The van der Waals surface area contributed by atoms with E-state index in [1.54, 1.807) is 24.3 Å². The second kappa shape index (κ2) is 7.81. The molecule has 0 saturated heterocycles. The Hall–Kier alpha value is -1.56. The van der Waals surface area contributed by atoms with Crippen LogP contribution in [-0.2, 0) is 15.8 Å². The van der Waals surface area contributed by atoms with E-state index in [1.165, 1.54) is 0 Å². The van der Waals surface area contributed by atoms with Crippen LogP contribution in [0.2, 0.25) is 5.02 Å². The molecule has 0 spiro atoms. The molecule has 0 unspecified atom stereocenters. The van der Waals surface area contributed by atoms with E-state index in [2.05, 4.69) is 4.72 Å². The van der Waals surface area contributed by atoms with Gasteiger partial charge in [0.05, 0.1) is 5.75 Å². The van der Waals surface area contributed by atoms with Gasteiger partial charge in [-0.2, -0.15) is 0 Å². The van der Waals surface area contributed by atoms with E-state index in [9.17, 15) is 8.42 Å². The molecule has 0 saturated carbocycles. The number of rotatable bonds is 7. The van der Waals surface area contributed by atoms with Crippen LogP contribution >= 0.6 is 11.6 Å². The molecule has 124 valence electrons. The summed E-state index contributed by atoms with van der Waals surface area (Å²) in [5, 5.41) is 0.584. The van der Waals surface area contributed by atoms with E-state index in [1.807, 2.05) is 32.0 Å². The van der Waals surface area contributed by atoms with Gasteiger partial charge in [-0.25, -0.2) is 13.1 Å². The molecule has 0 aliphatic rings. The molecule has 0 radical (unpaired) electrons. The van der Waals surface area contributed by atoms with E-state index in [4.69, 9.17) is 16.3 Å². The summed E-state index contributed by atoms with van der Waals surface area (Å²) in [5.41, 5.74) is 2.82. The lowest BCUT2D eigenvalue weighted by Gasteiger charge is -2.11. The van der Waals surface area contributed by atoms with Gasteiger partial charge in [-0.1, -0.05) is 35.9 Å². The molecule has 0 fully saturated rings. The SMILES string of the molecule is Cc1ccc(C)c(OCCNS(=O)(=O)Cc2ccc(Cl)cc2)c1. The summed E-state index contributed by atoms with van der Waals surface area (Å²) in [6.07, 6.45) is 0. The molecular formula is C17H20ClNO3S. The van der Waals surface area contributed by atoms with Gasteiger partial charge >= 0.3 is 0 Å². The van der Waals surface area contributed by atoms with E-state index in [-0.39, 0.29) is 18.9 Å². The second-order valence-corrected chi connectivity index (χ2v) is 7.64. The summed E-state index contributed by atoms with van der Waals surface area (Å²) in [5.74, 6) is 0.704. The minimum atomic E-state index is -3.39. The van der Waals surface area contributed by atoms with Gasteiger partial charge in [0.15, 0.2) is 0 Å². The van der Waals surface area contributed by atoms with Crippen LogP contribution in [0.5, 0.6) is 5.75 Å². The van der Waals surface area contributed by atoms with E-state index in [0.29, 0.717) is 10.6 Å². The van der Waals surface area contributed by atoms with Crippen molar-refractivity contribution < 1.29 is 13.2 Å².